The molecule has 5 aromatic heterocycles. The van der Waals surface area contributed by atoms with Crippen LogP contribution in [-0.4, -0.2) is 24.1 Å². The van der Waals surface area contributed by atoms with E-state index in [1.54, 1.807) is 17.5 Å². The van der Waals surface area contributed by atoms with Crippen molar-refractivity contribution in [3.63, 3.8) is 0 Å². The van der Waals surface area contributed by atoms with Crippen molar-refractivity contribution in [3.8, 4) is 27.5 Å². The predicted molar refractivity (Wildman–Crippen MR) is 108 cm³/mol. The van der Waals surface area contributed by atoms with E-state index in [4.69, 9.17) is 5.10 Å². The summed E-state index contributed by atoms with van der Waals surface area (Å²) in [5.74, 6) is 0. The lowest BCUT2D eigenvalue weighted by Crippen LogP contribution is -1.99. The number of pyridine rings is 1. The minimum atomic E-state index is 0.826. The van der Waals surface area contributed by atoms with Crippen LogP contribution < -0.4 is 0 Å². The number of thiophene rings is 1. The number of aryl methyl sites for hydroxylation is 2. The first-order valence-corrected chi connectivity index (χ1v) is 9.59. The van der Waals surface area contributed by atoms with E-state index in [1.165, 1.54) is 11.4 Å². The van der Waals surface area contributed by atoms with Gasteiger partial charge in [-0.15, -0.1) is 11.3 Å². The maximum absolute atomic E-state index is 4.88. The normalized spacial score (nSPS) is 11.3. The fourth-order valence-electron chi connectivity index (χ4n) is 3.46. The summed E-state index contributed by atoms with van der Waals surface area (Å²) in [6.45, 7) is 4.25. The van der Waals surface area contributed by atoms with Crippen molar-refractivity contribution >= 4 is 17.0 Å². The van der Waals surface area contributed by atoms with Crippen molar-refractivity contribution in [1.29, 1.82) is 0 Å². The Kier molecular flexibility index (Phi) is 3.65. The molecule has 132 valence electrons. The van der Waals surface area contributed by atoms with Crippen LogP contribution in [0.25, 0.3) is 33.2 Å². The topological polar surface area (TPSA) is 48.0 Å². The van der Waals surface area contributed by atoms with Crippen LogP contribution in [0.2, 0.25) is 0 Å². The van der Waals surface area contributed by atoms with Gasteiger partial charge in [-0.3, -0.25) is 4.98 Å². The molecular weight excluding hydrogens is 354 g/mol. The fourth-order valence-corrected chi connectivity index (χ4v) is 4.29. The number of hydrogen-bond donors (Lipinski definition) is 0. The summed E-state index contributed by atoms with van der Waals surface area (Å²) < 4.78 is 4.16. The highest BCUT2D eigenvalue weighted by Crippen LogP contribution is 2.34. The quantitative estimate of drug-likeness (QED) is 0.452. The highest BCUT2D eigenvalue weighted by Gasteiger charge is 2.16. The molecule has 0 aromatic carbocycles. The smallest absolute Gasteiger partial charge is 0.156 e. The fraction of sp³-hybridized carbons (Fsp3) is 0.0952. The van der Waals surface area contributed by atoms with Gasteiger partial charge in [0.15, 0.2) is 5.65 Å². The maximum atomic E-state index is 4.88. The van der Waals surface area contributed by atoms with Gasteiger partial charge in [0, 0.05) is 41.6 Å². The van der Waals surface area contributed by atoms with Crippen LogP contribution in [0.1, 0.15) is 11.4 Å². The summed E-state index contributed by atoms with van der Waals surface area (Å²) in [5.41, 5.74) is 7.33. The molecule has 5 aromatic rings. The van der Waals surface area contributed by atoms with Gasteiger partial charge in [0.2, 0.25) is 0 Å². The Morgan fingerprint density at radius 3 is 2.59 bits per heavy atom. The molecule has 0 spiro atoms. The second-order valence-corrected chi connectivity index (χ2v) is 7.37. The summed E-state index contributed by atoms with van der Waals surface area (Å²) >= 11 is 1.70. The molecule has 0 saturated heterocycles. The zero-order chi connectivity index (χ0) is 18.4. The van der Waals surface area contributed by atoms with Gasteiger partial charge in [-0.05, 0) is 55.6 Å². The van der Waals surface area contributed by atoms with E-state index in [9.17, 15) is 0 Å². The Morgan fingerprint density at radius 2 is 1.81 bits per heavy atom. The number of hydrogen-bond acceptors (Lipinski definition) is 4. The number of aromatic nitrogens is 5. The highest BCUT2D eigenvalue weighted by atomic mass is 32.1. The zero-order valence-corrected chi connectivity index (χ0v) is 15.8. The second-order valence-electron chi connectivity index (χ2n) is 6.46. The Labute approximate surface area is 160 Å². The maximum Gasteiger partial charge on any atom is 0.156 e. The lowest BCUT2D eigenvalue weighted by molar-refractivity contribution is 0.945. The van der Waals surface area contributed by atoms with E-state index in [1.807, 2.05) is 41.2 Å². The molecule has 6 heteroatoms. The minimum absolute atomic E-state index is 0.826. The summed E-state index contributed by atoms with van der Waals surface area (Å²) in [6.07, 6.45) is 5.44. The Balaban J connectivity index is 1.70. The van der Waals surface area contributed by atoms with Crippen molar-refractivity contribution in [3.05, 3.63) is 77.8 Å². The summed E-state index contributed by atoms with van der Waals surface area (Å²) in [6, 6.07) is 14.4. The molecule has 0 bridgehead atoms. The average Bonchev–Trinajstić information content (AvgIpc) is 3.40. The van der Waals surface area contributed by atoms with Crippen molar-refractivity contribution in [2.24, 2.45) is 0 Å². The largest absolute Gasteiger partial charge is 0.317 e. The zero-order valence-electron chi connectivity index (χ0n) is 15.0. The average molecular weight is 371 g/mol. The van der Waals surface area contributed by atoms with Gasteiger partial charge in [-0.1, -0.05) is 0 Å². The first-order valence-electron chi connectivity index (χ1n) is 8.71. The second kappa shape index (κ2) is 6.17. The van der Waals surface area contributed by atoms with Gasteiger partial charge in [-0.25, -0.2) is 9.50 Å². The first kappa shape index (κ1) is 16.0. The van der Waals surface area contributed by atoms with Gasteiger partial charge in [-0.2, -0.15) is 5.10 Å². The molecule has 27 heavy (non-hydrogen) atoms. The van der Waals surface area contributed by atoms with Crippen LogP contribution in [0.3, 0.4) is 0 Å². The van der Waals surface area contributed by atoms with Gasteiger partial charge >= 0.3 is 0 Å². The van der Waals surface area contributed by atoms with Gasteiger partial charge < -0.3 is 4.57 Å². The van der Waals surface area contributed by atoms with Crippen LogP contribution in [0.5, 0.6) is 0 Å². The molecule has 0 fully saturated rings. The summed E-state index contributed by atoms with van der Waals surface area (Å²) in [7, 11) is 0. The molecule has 5 heterocycles. The molecule has 0 saturated carbocycles. The molecule has 0 aliphatic heterocycles. The summed E-state index contributed by atoms with van der Waals surface area (Å²) in [5, 5.41) is 7.00. The van der Waals surface area contributed by atoms with Crippen molar-refractivity contribution in [2.75, 3.05) is 0 Å². The van der Waals surface area contributed by atoms with Gasteiger partial charge in [0.1, 0.15) is 5.69 Å². The molecule has 0 amide bonds. The van der Waals surface area contributed by atoms with Gasteiger partial charge in [0.25, 0.3) is 0 Å². The standard InChI is InChI=1S/C21H17N5S/c1-14-5-6-15(2)25(14)19-8-11-27-21(19)17-12-20-23-10-7-18(26(20)24-17)16-4-3-9-22-13-16/h3-13H,1-2H3. The number of fused-ring (bicyclic) bond motifs is 1. The Hall–Kier alpha value is -3.25. The lowest BCUT2D eigenvalue weighted by Gasteiger charge is -2.09. The molecule has 0 radical (unpaired) electrons. The van der Waals surface area contributed by atoms with E-state index in [0.29, 0.717) is 0 Å². The predicted octanol–water partition coefficient (Wildman–Crippen LogP) is 4.93. The van der Waals surface area contributed by atoms with E-state index in [0.717, 1.165) is 33.2 Å². The van der Waals surface area contributed by atoms with E-state index in [-0.39, 0.29) is 0 Å². The molecule has 0 N–H and O–H groups in total. The molecule has 0 unspecified atom stereocenters. The SMILES string of the molecule is Cc1ccc(C)n1-c1ccsc1-c1cc2nccc(-c3cccnc3)n2n1. The molecule has 0 atom stereocenters. The third-order valence-corrected chi connectivity index (χ3v) is 5.63. The van der Waals surface area contributed by atoms with Crippen LogP contribution in [-0.2, 0) is 0 Å². The Bertz CT molecular complexity index is 1230. The van der Waals surface area contributed by atoms with Crippen LogP contribution in [0, 0.1) is 13.8 Å². The monoisotopic (exact) mass is 371 g/mol. The molecule has 5 rings (SSSR count). The highest BCUT2D eigenvalue weighted by molar-refractivity contribution is 7.14. The third kappa shape index (κ3) is 2.57. The van der Waals surface area contributed by atoms with Gasteiger partial charge in [0.05, 0.1) is 16.3 Å². The van der Waals surface area contributed by atoms with Crippen LogP contribution in [0.15, 0.2) is 66.4 Å². The molecular formula is C21H17N5S. The van der Waals surface area contributed by atoms with Crippen molar-refractivity contribution in [1.82, 2.24) is 24.1 Å². The van der Waals surface area contributed by atoms with Crippen molar-refractivity contribution < 1.29 is 0 Å². The van der Waals surface area contributed by atoms with E-state index >= 15 is 0 Å². The van der Waals surface area contributed by atoms with E-state index in [2.05, 4.69) is 52.0 Å². The minimum Gasteiger partial charge on any atom is -0.317 e. The first-order chi connectivity index (χ1) is 13.2. The molecule has 0 aliphatic rings. The third-order valence-electron chi connectivity index (χ3n) is 4.70. The van der Waals surface area contributed by atoms with E-state index < -0.39 is 0 Å². The van der Waals surface area contributed by atoms with Crippen molar-refractivity contribution in [2.45, 2.75) is 13.8 Å². The number of rotatable bonds is 3. The molecule has 5 nitrogen and oxygen atoms in total. The Morgan fingerprint density at radius 1 is 0.963 bits per heavy atom. The lowest BCUT2D eigenvalue weighted by atomic mass is 10.2. The number of nitrogens with zero attached hydrogens (tertiary/aromatic N) is 5. The van der Waals surface area contributed by atoms with Crippen LogP contribution >= 0.6 is 11.3 Å². The van der Waals surface area contributed by atoms with Crippen LogP contribution in [0.4, 0.5) is 0 Å². The summed E-state index contributed by atoms with van der Waals surface area (Å²) in [4.78, 5) is 9.87. The molecule has 0 aliphatic carbocycles.